The minimum absolute atomic E-state index is 0.00391. The number of nitrogens with zero attached hydrogens (tertiary/aromatic N) is 2. The topological polar surface area (TPSA) is 127 Å². The number of carbonyl (C=O) groups is 6. The smallest absolute Gasteiger partial charge is 0.336 e. The second-order valence-corrected chi connectivity index (χ2v) is 6.34. The van der Waals surface area contributed by atoms with E-state index in [9.17, 15) is 28.8 Å². The van der Waals surface area contributed by atoms with Gasteiger partial charge in [0.1, 0.15) is 5.50 Å². The Balaban J connectivity index is 1.85. The number of ether oxygens (including phenoxy) is 2. The van der Waals surface area contributed by atoms with Gasteiger partial charge in [-0.25, -0.2) is 4.79 Å². The molecule has 0 bridgehead atoms. The third-order valence-electron chi connectivity index (χ3n) is 4.44. The van der Waals surface area contributed by atoms with E-state index in [1.54, 1.807) is 12.1 Å². The van der Waals surface area contributed by atoms with Crippen LogP contribution in [0.3, 0.4) is 0 Å². The Morgan fingerprint density at radius 3 is 2.21 bits per heavy atom. The first kappa shape index (κ1) is 19.5. The summed E-state index contributed by atoms with van der Waals surface area (Å²) in [4.78, 5) is 73.6. The maximum absolute atomic E-state index is 12.7. The van der Waals surface area contributed by atoms with Crippen molar-refractivity contribution in [2.75, 3.05) is 13.7 Å². The number of imide groups is 1. The lowest BCUT2D eigenvalue weighted by Gasteiger charge is -2.48. The number of carbonyl (C=O) groups excluding carboxylic acids is 6. The van der Waals surface area contributed by atoms with Gasteiger partial charge in [0.15, 0.2) is 18.7 Å². The molecule has 10 nitrogen and oxygen atoms in total. The third kappa shape index (κ3) is 2.82. The number of benzene rings is 1. The summed E-state index contributed by atoms with van der Waals surface area (Å²) < 4.78 is 8.84. The van der Waals surface area contributed by atoms with E-state index in [1.165, 1.54) is 12.1 Å². The van der Waals surface area contributed by atoms with Crippen LogP contribution in [0.5, 0.6) is 0 Å². The van der Waals surface area contributed by atoms with Crippen LogP contribution in [0, 0.1) is 0 Å². The molecule has 2 aliphatic heterocycles. The normalized spacial score (nSPS) is 21.7. The highest BCUT2D eigenvalue weighted by atomic mass is 35.5. The standard InChI is InChI=1S/C17H13ClN2O8/c1-27-17(26)11(10(22)6-28-7-21)19-13(18)12(16(19)25)20-14(23)8-4-2-3-5-9(8)15(20)24/h2-5,7,11-13H,6H2,1H3/t11?,12-,13+/m1/s1. The molecule has 3 amide bonds. The first-order chi connectivity index (χ1) is 13.3. The predicted molar refractivity (Wildman–Crippen MR) is 90.0 cm³/mol. The minimum Gasteiger partial charge on any atom is -0.467 e. The van der Waals surface area contributed by atoms with Gasteiger partial charge < -0.3 is 14.4 Å². The lowest BCUT2D eigenvalue weighted by Crippen LogP contribution is -2.74. The molecule has 0 saturated carbocycles. The molecular formula is C17H13ClN2O8. The van der Waals surface area contributed by atoms with Crippen molar-refractivity contribution >= 4 is 47.5 Å². The lowest BCUT2D eigenvalue weighted by molar-refractivity contribution is -0.169. The summed E-state index contributed by atoms with van der Waals surface area (Å²) in [6.07, 6.45) is 0. The highest BCUT2D eigenvalue weighted by Gasteiger charge is 2.60. The molecule has 1 aromatic rings. The Morgan fingerprint density at radius 1 is 1.18 bits per heavy atom. The maximum Gasteiger partial charge on any atom is 0.336 e. The SMILES string of the molecule is COC(=O)C(C(=O)COC=O)N1C(=O)[C@H](N2C(=O)c3ccccc3C2=O)[C@H]1Cl. The van der Waals surface area contributed by atoms with Crippen LogP contribution in [0.1, 0.15) is 20.7 Å². The molecule has 3 rings (SSSR count). The number of likely N-dealkylation sites (tertiary alicyclic amines) is 1. The van der Waals surface area contributed by atoms with Crippen LogP contribution in [0.4, 0.5) is 0 Å². The van der Waals surface area contributed by atoms with Gasteiger partial charge in [-0.15, -0.1) is 0 Å². The van der Waals surface area contributed by atoms with Crippen LogP contribution in [0.2, 0.25) is 0 Å². The average molecular weight is 409 g/mol. The fourth-order valence-electron chi connectivity index (χ4n) is 3.13. The molecule has 3 atom stereocenters. The molecule has 0 spiro atoms. The first-order valence-corrected chi connectivity index (χ1v) is 8.37. The van der Waals surface area contributed by atoms with Crippen LogP contribution in [-0.2, 0) is 28.7 Å². The van der Waals surface area contributed by atoms with Crippen LogP contribution in [-0.4, -0.2) is 77.0 Å². The lowest BCUT2D eigenvalue weighted by atomic mass is 9.99. The molecule has 0 radical (unpaired) electrons. The molecule has 1 aromatic carbocycles. The van der Waals surface area contributed by atoms with E-state index < -0.39 is 53.7 Å². The number of Topliss-reactive ketones (excluding diaryl/α,β-unsaturated/α-hetero) is 1. The predicted octanol–water partition coefficient (Wildman–Crippen LogP) is -0.658. The molecular weight excluding hydrogens is 396 g/mol. The van der Waals surface area contributed by atoms with Gasteiger partial charge in [0.05, 0.1) is 18.2 Å². The second kappa shape index (κ2) is 7.39. The fraction of sp³-hybridized carbons (Fsp3) is 0.294. The molecule has 146 valence electrons. The quantitative estimate of drug-likeness (QED) is 0.111. The monoisotopic (exact) mass is 408 g/mol. The zero-order valence-electron chi connectivity index (χ0n) is 14.4. The zero-order chi connectivity index (χ0) is 20.6. The van der Waals surface area contributed by atoms with Gasteiger partial charge in [-0.2, -0.15) is 0 Å². The summed E-state index contributed by atoms with van der Waals surface area (Å²) in [6.45, 7) is -0.779. The Hall–Kier alpha value is -3.27. The summed E-state index contributed by atoms with van der Waals surface area (Å²) in [5.41, 5.74) is -1.09. The largest absolute Gasteiger partial charge is 0.467 e. The fourth-order valence-corrected chi connectivity index (χ4v) is 3.56. The average Bonchev–Trinajstić information content (AvgIpc) is 2.95. The van der Waals surface area contributed by atoms with Crippen molar-refractivity contribution in [3.8, 4) is 0 Å². The van der Waals surface area contributed by atoms with Crippen molar-refractivity contribution < 1.29 is 38.2 Å². The minimum atomic E-state index is -1.77. The van der Waals surface area contributed by atoms with E-state index in [-0.39, 0.29) is 17.6 Å². The van der Waals surface area contributed by atoms with Gasteiger partial charge in [0.25, 0.3) is 24.2 Å². The summed E-state index contributed by atoms with van der Waals surface area (Å²) >= 11 is 6.19. The highest BCUT2D eigenvalue weighted by Crippen LogP contribution is 2.36. The van der Waals surface area contributed by atoms with Crippen LogP contribution < -0.4 is 0 Å². The van der Waals surface area contributed by atoms with Gasteiger partial charge in [-0.3, -0.25) is 28.9 Å². The van der Waals surface area contributed by atoms with E-state index in [0.717, 1.165) is 7.11 Å². The number of methoxy groups -OCH3 is 1. The molecule has 11 heteroatoms. The van der Waals surface area contributed by atoms with Crippen molar-refractivity contribution in [1.29, 1.82) is 0 Å². The maximum atomic E-state index is 12.7. The molecule has 0 aliphatic carbocycles. The number of fused-ring (bicyclic) bond motifs is 1. The van der Waals surface area contributed by atoms with E-state index >= 15 is 0 Å². The van der Waals surface area contributed by atoms with Gasteiger partial charge in [0.2, 0.25) is 5.78 Å². The van der Waals surface area contributed by atoms with E-state index in [4.69, 9.17) is 11.6 Å². The number of β-lactam (4-membered cyclic amide) rings is 1. The highest BCUT2D eigenvalue weighted by molar-refractivity contribution is 6.30. The van der Waals surface area contributed by atoms with Crippen molar-refractivity contribution in [3.05, 3.63) is 35.4 Å². The summed E-state index contributed by atoms with van der Waals surface area (Å²) in [7, 11) is 0.998. The third-order valence-corrected chi connectivity index (χ3v) is 4.89. The van der Waals surface area contributed by atoms with E-state index in [1.807, 2.05) is 0 Å². The number of hydrogen-bond acceptors (Lipinski definition) is 8. The van der Waals surface area contributed by atoms with Crippen molar-refractivity contribution in [2.45, 2.75) is 17.6 Å². The van der Waals surface area contributed by atoms with Crippen LogP contribution in [0.25, 0.3) is 0 Å². The van der Waals surface area contributed by atoms with Gasteiger partial charge in [-0.1, -0.05) is 23.7 Å². The van der Waals surface area contributed by atoms with Crippen LogP contribution in [0.15, 0.2) is 24.3 Å². The van der Waals surface area contributed by atoms with Crippen LogP contribution >= 0.6 is 11.6 Å². The van der Waals surface area contributed by atoms with Gasteiger partial charge >= 0.3 is 5.97 Å². The Labute approximate surface area is 162 Å². The summed E-state index contributed by atoms with van der Waals surface area (Å²) in [5, 5.41) is 0. The van der Waals surface area contributed by atoms with Crippen molar-refractivity contribution in [2.24, 2.45) is 0 Å². The number of esters is 1. The summed E-state index contributed by atoms with van der Waals surface area (Å²) in [6, 6.07) is 2.86. The van der Waals surface area contributed by atoms with Gasteiger partial charge in [-0.05, 0) is 12.1 Å². The van der Waals surface area contributed by atoms with E-state index in [0.29, 0.717) is 9.80 Å². The van der Waals surface area contributed by atoms with Gasteiger partial charge in [0, 0.05) is 0 Å². The molecule has 28 heavy (non-hydrogen) atoms. The number of amides is 3. The first-order valence-electron chi connectivity index (χ1n) is 7.94. The second-order valence-electron chi connectivity index (χ2n) is 5.89. The number of alkyl halides is 1. The number of ketones is 1. The Kier molecular flexibility index (Phi) is 5.14. The molecule has 2 aliphatic rings. The number of halogens is 1. The molecule has 0 N–H and O–H groups in total. The van der Waals surface area contributed by atoms with E-state index in [2.05, 4.69) is 9.47 Å². The Morgan fingerprint density at radius 2 is 1.75 bits per heavy atom. The molecule has 1 unspecified atom stereocenters. The molecule has 0 aromatic heterocycles. The molecule has 1 saturated heterocycles. The van der Waals surface area contributed by atoms with Crippen molar-refractivity contribution in [3.63, 3.8) is 0 Å². The van der Waals surface area contributed by atoms with Crippen molar-refractivity contribution in [1.82, 2.24) is 9.80 Å². The number of hydrogen-bond donors (Lipinski definition) is 0. The summed E-state index contributed by atoms with van der Waals surface area (Å²) in [5.74, 6) is -4.33. The zero-order valence-corrected chi connectivity index (χ0v) is 15.1. The Bertz CT molecular complexity index is 866. The number of rotatable bonds is 7. The molecule has 2 heterocycles. The molecule has 1 fully saturated rings.